The second-order valence-electron chi connectivity index (χ2n) is 4.87. The van der Waals surface area contributed by atoms with Crippen molar-refractivity contribution in [3.05, 3.63) is 11.4 Å². The summed E-state index contributed by atoms with van der Waals surface area (Å²) in [4.78, 5) is 9.05. The fraction of sp³-hybridized carbons (Fsp3) is 0.714. The fourth-order valence-electron chi connectivity index (χ4n) is 1.88. The van der Waals surface area contributed by atoms with Gasteiger partial charge in [0.15, 0.2) is 0 Å². The van der Waals surface area contributed by atoms with E-state index in [2.05, 4.69) is 29.1 Å². The standard InChI is InChI=1S/C14H23N3O/c1-4-9-15-13-10(3)14(17-12(5-2)16-13)18-11-7-6-8-11/h11H,4-9H2,1-3H3,(H,15,16,17). The zero-order valence-electron chi connectivity index (χ0n) is 11.6. The first-order chi connectivity index (χ1) is 8.74. The summed E-state index contributed by atoms with van der Waals surface area (Å²) in [5, 5.41) is 3.36. The van der Waals surface area contributed by atoms with Gasteiger partial charge < -0.3 is 10.1 Å². The maximum absolute atomic E-state index is 5.95. The van der Waals surface area contributed by atoms with Gasteiger partial charge in [-0.25, -0.2) is 4.98 Å². The molecule has 0 unspecified atom stereocenters. The van der Waals surface area contributed by atoms with Crippen LogP contribution in [0.25, 0.3) is 0 Å². The van der Waals surface area contributed by atoms with Crippen molar-refractivity contribution in [2.75, 3.05) is 11.9 Å². The lowest BCUT2D eigenvalue weighted by Crippen LogP contribution is -2.26. The van der Waals surface area contributed by atoms with E-state index >= 15 is 0 Å². The molecule has 0 radical (unpaired) electrons. The number of rotatable bonds is 6. The summed E-state index contributed by atoms with van der Waals surface area (Å²) in [6.45, 7) is 7.19. The van der Waals surface area contributed by atoms with Gasteiger partial charge in [-0.1, -0.05) is 13.8 Å². The van der Waals surface area contributed by atoms with E-state index in [1.165, 1.54) is 6.42 Å². The lowest BCUT2D eigenvalue weighted by molar-refractivity contribution is 0.113. The molecule has 1 N–H and O–H groups in total. The molecule has 1 aromatic heterocycles. The first-order valence-electron chi connectivity index (χ1n) is 7.02. The summed E-state index contributed by atoms with van der Waals surface area (Å²) in [5.41, 5.74) is 1.03. The lowest BCUT2D eigenvalue weighted by atomic mass is 9.96. The van der Waals surface area contributed by atoms with Crippen molar-refractivity contribution in [2.24, 2.45) is 0 Å². The Morgan fingerprint density at radius 3 is 2.61 bits per heavy atom. The zero-order valence-corrected chi connectivity index (χ0v) is 11.6. The molecule has 1 aromatic rings. The van der Waals surface area contributed by atoms with Crippen molar-refractivity contribution in [3.8, 4) is 5.88 Å². The molecule has 2 rings (SSSR count). The van der Waals surface area contributed by atoms with Gasteiger partial charge in [0.25, 0.3) is 0 Å². The Hall–Kier alpha value is -1.32. The third-order valence-corrected chi connectivity index (χ3v) is 3.34. The van der Waals surface area contributed by atoms with Crippen LogP contribution in [0.2, 0.25) is 0 Å². The molecule has 0 bridgehead atoms. The minimum absolute atomic E-state index is 0.363. The van der Waals surface area contributed by atoms with Gasteiger partial charge in [0, 0.05) is 13.0 Å². The summed E-state index contributed by atoms with van der Waals surface area (Å²) >= 11 is 0. The van der Waals surface area contributed by atoms with Crippen LogP contribution < -0.4 is 10.1 Å². The molecule has 0 atom stereocenters. The Bertz CT molecular complexity index is 402. The lowest BCUT2D eigenvalue weighted by Gasteiger charge is -2.27. The molecule has 4 heteroatoms. The van der Waals surface area contributed by atoms with Crippen molar-refractivity contribution in [2.45, 2.75) is 59.0 Å². The third-order valence-electron chi connectivity index (χ3n) is 3.34. The van der Waals surface area contributed by atoms with Crippen LogP contribution in [0.5, 0.6) is 5.88 Å². The molecule has 0 aliphatic heterocycles. The first-order valence-corrected chi connectivity index (χ1v) is 7.02. The van der Waals surface area contributed by atoms with Gasteiger partial charge in [-0.15, -0.1) is 0 Å². The van der Waals surface area contributed by atoms with E-state index in [0.717, 1.165) is 55.3 Å². The molecule has 0 amide bonds. The van der Waals surface area contributed by atoms with Crippen LogP contribution in [0, 0.1) is 6.92 Å². The molecule has 1 heterocycles. The van der Waals surface area contributed by atoms with E-state index in [1.54, 1.807) is 0 Å². The van der Waals surface area contributed by atoms with E-state index in [-0.39, 0.29) is 0 Å². The molecule has 18 heavy (non-hydrogen) atoms. The normalized spacial score (nSPS) is 15.3. The molecule has 0 spiro atoms. The van der Waals surface area contributed by atoms with Gasteiger partial charge in [0.2, 0.25) is 5.88 Å². The summed E-state index contributed by atoms with van der Waals surface area (Å²) in [7, 11) is 0. The molecule has 1 fully saturated rings. The minimum atomic E-state index is 0.363. The molecular formula is C14H23N3O. The van der Waals surface area contributed by atoms with E-state index in [1.807, 2.05) is 6.92 Å². The Balaban J connectivity index is 2.19. The van der Waals surface area contributed by atoms with Gasteiger partial charge >= 0.3 is 0 Å². The van der Waals surface area contributed by atoms with Crippen LogP contribution in [-0.4, -0.2) is 22.6 Å². The Morgan fingerprint density at radius 1 is 1.28 bits per heavy atom. The number of nitrogens with one attached hydrogen (secondary N) is 1. The predicted molar refractivity (Wildman–Crippen MR) is 73.2 cm³/mol. The first kappa shape index (κ1) is 13.1. The maximum Gasteiger partial charge on any atom is 0.222 e. The largest absolute Gasteiger partial charge is 0.474 e. The molecule has 1 aliphatic carbocycles. The third kappa shape index (κ3) is 2.92. The summed E-state index contributed by atoms with van der Waals surface area (Å²) < 4.78 is 5.95. The summed E-state index contributed by atoms with van der Waals surface area (Å²) in [6, 6.07) is 0. The highest BCUT2D eigenvalue weighted by atomic mass is 16.5. The van der Waals surface area contributed by atoms with Crippen molar-refractivity contribution >= 4 is 5.82 Å². The van der Waals surface area contributed by atoms with Crippen molar-refractivity contribution < 1.29 is 4.74 Å². The van der Waals surface area contributed by atoms with Crippen LogP contribution in [0.1, 0.15) is 50.9 Å². The van der Waals surface area contributed by atoms with Gasteiger partial charge in [0.1, 0.15) is 17.7 Å². The van der Waals surface area contributed by atoms with E-state index < -0.39 is 0 Å². The van der Waals surface area contributed by atoms with E-state index in [0.29, 0.717) is 6.10 Å². The molecule has 1 aliphatic rings. The SMILES string of the molecule is CCCNc1nc(CC)nc(OC2CCC2)c1C. The molecule has 0 aromatic carbocycles. The number of hydrogen-bond donors (Lipinski definition) is 1. The Labute approximate surface area is 109 Å². The van der Waals surface area contributed by atoms with Crippen LogP contribution in [0.15, 0.2) is 0 Å². The average Bonchev–Trinajstić information content (AvgIpc) is 2.33. The zero-order chi connectivity index (χ0) is 13.0. The number of ether oxygens (including phenoxy) is 1. The number of aromatic nitrogens is 2. The Morgan fingerprint density at radius 2 is 2.06 bits per heavy atom. The number of nitrogens with zero attached hydrogens (tertiary/aromatic N) is 2. The smallest absolute Gasteiger partial charge is 0.222 e. The fourth-order valence-corrected chi connectivity index (χ4v) is 1.88. The molecule has 0 saturated heterocycles. The highest BCUT2D eigenvalue weighted by molar-refractivity contribution is 5.48. The number of hydrogen-bond acceptors (Lipinski definition) is 4. The summed E-state index contributed by atoms with van der Waals surface area (Å²) in [6.07, 6.45) is 5.87. The van der Waals surface area contributed by atoms with Gasteiger partial charge in [-0.3, -0.25) is 0 Å². The highest BCUT2D eigenvalue weighted by Gasteiger charge is 2.22. The predicted octanol–water partition coefficient (Wildman–Crippen LogP) is 3.10. The van der Waals surface area contributed by atoms with Crippen LogP contribution in [0.3, 0.4) is 0 Å². The Kier molecular flexibility index (Phi) is 4.39. The second-order valence-corrected chi connectivity index (χ2v) is 4.87. The molecular weight excluding hydrogens is 226 g/mol. The van der Waals surface area contributed by atoms with Crippen molar-refractivity contribution in [1.29, 1.82) is 0 Å². The summed E-state index contributed by atoms with van der Waals surface area (Å²) in [5.74, 6) is 2.55. The van der Waals surface area contributed by atoms with Crippen LogP contribution >= 0.6 is 0 Å². The molecule has 100 valence electrons. The van der Waals surface area contributed by atoms with Gasteiger partial charge in [-0.05, 0) is 32.6 Å². The van der Waals surface area contributed by atoms with Crippen molar-refractivity contribution in [3.63, 3.8) is 0 Å². The van der Waals surface area contributed by atoms with Crippen LogP contribution in [-0.2, 0) is 6.42 Å². The van der Waals surface area contributed by atoms with E-state index in [4.69, 9.17) is 4.74 Å². The maximum atomic E-state index is 5.95. The molecule has 1 saturated carbocycles. The van der Waals surface area contributed by atoms with E-state index in [9.17, 15) is 0 Å². The number of anilines is 1. The van der Waals surface area contributed by atoms with Crippen molar-refractivity contribution in [1.82, 2.24) is 9.97 Å². The average molecular weight is 249 g/mol. The number of aryl methyl sites for hydroxylation is 1. The molecule has 4 nitrogen and oxygen atoms in total. The van der Waals surface area contributed by atoms with Gasteiger partial charge in [-0.2, -0.15) is 4.98 Å². The van der Waals surface area contributed by atoms with Crippen LogP contribution in [0.4, 0.5) is 5.82 Å². The van der Waals surface area contributed by atoms with Gasteiger partial charge in [0.05, 0.1) is 5.56 Å². The monoisotopic (exact) mass is 249 g/mol. The topological polar surface area (TPSA) is 47.0 Å². The second kappa shape index (κ2) is 6.03. The minimum Gasteiger partial charge on any atom is -0.474 e. The quantitative estimate of drug-likeness (QED) is 0.841. The highest BCUT2D eigenvalue weighted by Crippen LogP contribution is 2.28.